The summed E-state index contributed by atoms with van der Waals surface area (Å²) < 4.78 is 5.43. The van der Waals surface area contributed by atoms with Crippen LogP contribution in [0.5, 0.6) is 0 Å². The van der Waals surface area contributed by atoms with Crippen molar-refractivity contribution in [3.63, 3.8) is 0 Å². The van der Waals surface area contributed by atoms with Crippen molar-refractivity contribution in [1.82, 2.24) is 9.97 Å². The van der Waals surface area contributed by atoms with E-state index in [4.69, 9.17) is 4.74 Å². The van der Waals surface area contributed by atoms with Crippen molar-refractivity contribution in [3.05, 3.63) is 66.0 Å². The molecule has 0 atom stereocenters. The van der Waals surface area contributed by atoms with Gasteiger partial charge in [-0.15, -0.1) is 0 Å². The van der Waals surface area contributed by atoms with Crippen LogP contribution in [0.15, 0.2) is 54.6 Å². The molecular formula is C23H26N6O2. The lowest BCUT2D eigenvalue weighted by atomic mass is 10.2. The Morgan fingerprint density at radius 3 is 2.32 bits per heavy atom. The van der Waals surface area contributed by atoms with Gasteiger partial charge in [-0.2, -0.15) is 0 Å². The number of carbonyl (C=O) groups excluding carboxylic acids is 1. The topological polar surface area (TPSA) is 91.4 Å². The molecular weight excluding hydrogens is 392 g/mol. The molecule has 8 nitrogen and oxygen atoms in total. The number of urea groups is 1. The summed E-state index contributed by atoms with van der Waals surface area (Å²) in [5.74, 6) is 2.28. The third-order valence-electron chi connectivity index (χ3n) is 4.83. The SMILES string of the molecule is Cc1cccc(NC(=O)Nc2cccc(Nc3cc(N4CCOCC4)nc(C)n3)c2)c1. The summed E-state index contributed by atoms with van der Waals surface area (Å²) in [7, 11) is 0. The van der Waals surface area contributed by atoms with E-state index in [-0.39, 0.29) is 6.03 Å². The number of anilines is 5. The van der Waals surface area contributed by atoms with Crippen molar-refractivity contribution >= 4 is 34.7 Å². The molecule has 1 aliphatic rings. The maximum atomic E-state index is 12.3. The van der Waals surface area contributed by atoms with Gasteiger partial charge in [0.05, 0.1) is 13.2 Å². The Hall–Kier alpha value is -3.65. The van der Waals surface area contributed by atoms with Crippen molar-refractivity contribution in [2.45, 2.75) is 13.8 Å². The summed E-state index contributed by atoms with van der Waals surface area (Å²) in [5, 5.41) is 9.02. The van der Waals surface area contributed by atoms with Gasteiger partial charge in [0.15, 0.2) is 0 Å². The molecule has 31 heavy (non-hydrogen) atoms. The minimum atomic E-state index is -0.296. The Kier molecular flexibility index (Phi) is 6.28. The van der Waals surface area contributed by atoms with E-state index in [1.165, 1.54) is 0 Å². The quantitative estimate of drug-likeness (QED) is 0.572. The van der Waals surface area contributed by atoms with E-state index in [2.05, 4.69) is 30.8 Å². The molecule has 0 radical (unpaired) electrons. The first-order valence-electron chi connectivity index (χ1n) is 10.3. The second kappa shape index (κ2) is 9.44. The number of rotatable bonds is 5. The number of nitrogens with zero attached hydrogens (tertiary/aromatic N) is 3. The van der Waals surface area contributed by atoms with Gasteiger partial charge in [-0.05, 0) is 49.7 Å². The number of morpholine rings is 1. The van der Waals surface area contributed by atoms with Crippen LogP contribution in [0.1, 0.15) is 11.4 Å². The molecule has 2 amide bonds. The van der Waals surface area contributed by atoms with E-state index in [0.717, 1.165) is 35.8 Å². The Balaban J connectivity index is 1.43. The van der Waals surface area contributed by atoms with Crippen LogP contribution in [-0.2, 0) is 4.74 Å². The van der Waals surface area contributed by atoms with Gasteiger partial charge in [0.2, 0.25) is 0 Å². The van der Waals surface area contributed by atoms with E-state index in [0.29, 0.717) is 30.5 Å². The van der Waals surface area contributed by atoms with Crippen LogP contribution in [0, 0.1) is 13.8 Å². The van der Waals surface area contributed by atoms with Crippen molar-refractivity contribution in [2.24, 2.45) is 0 Å². The minimum absolute atomic E-state index is 0.296. The lowest BCUT2D eigenvalue weighted by Crippen LogP contribution is -2.36. The van der Waals surface area contributed by atoms with Crippen LogP contribution < -0.4 is 20.9 Å². The molecule has 2 aromatic carbocycles. The molecule has 160 valence electrons. The number of amides is 2. The highest BCUT2D eigenvalue weighted by molar-refractivity contribution is 6.00. The number of hydrogen-bond donors (Lipinski definition) is 3. The van der Waals surface area contributed by atoms with Crippen LogP contribution in [0.2, 0.25) is 0 Å². The number of ether oxygens (including phenoxy) is 1. The highest BCUT2D eigenvalue weighted by Crippen LogP contribution is 2.23. The Morgan fingerprint density at radius 1 is 0.903 bits per heavy atom. The van der Waals surface area contributed by atoms with Gasteiger partial charge in [-0.3, -0.25) is 0 Å². The Morgan fingerprint density at radius 2 is 1.58 bits per heavy atom. The summed E-state index contributed by atoms with van der Waals surface area (Å²) in [6.07, 6.45) is 0. The number of hydrogen-bond acceptors (Lipinski definition) is 6. The van der Waals surface area contributed by atoms with Gasteiger partial charge < -0.3 is 25.6 Å². The molecule has 1 saturated heterocycles. The van der Waals surface area contributed by atoms with Gasteiger partial charge in [0, 0.05) is 36.2 Å². The molecule has 0 spiro atoms. The van der Waals surface area contributed by atoms with E-state index in [9.17, 15) is 4.79 Å². The molecule has 0 saturated carbocycles. The van der Waals surface area contributed by atoms with Gasteiger partial charge in [-0.1, -0.05) is 18.2 Å². The van der Waals surface area contributed by atoms with Crippen LogP contribution >= 0.6 is 0 Å². The third kappa shape index (κ3) is 5.70. The summed E-state index contributed by atoms with van der Waals surface area (Å²) in [6, 6.07) is 16.8. The Labute approximate surface area is 181 Å². The highest BCUT2D eigenvalue weighted by atomic mass is 16.5. The van der Waals surface area contributed by atoms with Crippen molar-refractivity contribution in [3.8, 4) is 0 Å². The van der Waals surface area contributed by atoms with Gasteiger partial charge in [0.25, 0.3) is 0 Å². The van der Waals surface area contributed by atoms with E-state index >= 15 is 0 Å². The lowest BCUT2D eigenvalue weighted by molar-refractivity contribution is 0.122. The molecule has 1 aliphatic heterocycles. The van der Waals surface area contributed by atoms with Crippen LogP contribution in [-0.4, -0.2) is 42.3 Å². The number of carbonyl (C=O) groups is 1. The summed E-state index contributed by atoms with van der Waals surface area (Å²) in [4.78, 5) is 23.6. The van der Waals surface area contributed by atoms with Crippen LogP contribution in [0.3, 0.4) is 0 Å². The lowest BCUT2D eigenvalue weighted by Gasteiger charge is -2.28. The second-order valence-electron chi connectivity index (χ2n) is 7.41. The van der Waals surface area contributed by atoms with Crippen molar-refractivity contribution < 1.29 is 9.53 Å². The molecule has 2 heterocycles. The zero-order chi connectivity index (χ0) is 21.6. The van der Waals surface area contributed by atoms with E-state index < -0.39 is 0 Å². The molecule has 3 aromatic rings. The van der Waals surface area contributed by atoms with E-state index in [1.54, 1.807) is 0 Å². The smallest absolute Gasteiger partial charge is 0.323 e. The largest absolute Gasteiger partial charge is 0.378 e. The normalized spacial score (nSPS) is 13.5. The number of nitrogens with one attached hydrogen (secondary N) is 3. The molecule has 8 heteroatoms. The number of benzene rings is 2. The average molecular weight is 419 g/mol. The third-order valence-corrected chi connectivity index (χ3v) is 4.83. The average Bonchev–Trinajstić information content (AvgIpc) is 2.74. The standard InChI is InChI=1S/C23H26N6O2/c1-16-5-3-6-18(13-16)27-23(30)28-20-8-4-7-19(14-20)26-21-15-22(25-17(2)24-21)29-9-11-31-12-10-29/h3-8,13-15H,9-12H2,1-2H3,(H,24,25,26)(H2,27,28,30). The van der Waals surface area contributed by atoms with E-state index in [1.807, 2.05) is 68.4 Å². The zero-order valence-corrected chi connectivity index (χ0v) is 17.7. The molecule has 0 aliphatic carbocycles. The molecule has 3 N–H and O–H groups in total. The maximum Gasteiger partial charge on any atom is 0.323 e. The fourth-order valence-corrected chi connectivity index (χ4v) is 3.41. The highest BCUT2D eigenvalue weighted by Gasteiger charge is 2.14. The fraction of sp³-hybridized carbons (Fsp3) is 0.261. The van der Waals surface area contributed by atoms with Gasteiger partial charge >= 0.3 is 6.03 Å². The Bertz CT molecular complexity index is 1070. The second-order valence-corrected chi connectivity index (χ2v) is 7.41. The predicted octanol–water partition coefficient (Wildman–Crippen LogP) is 4.32. The van der Waals surface area contributed by atoms with Gasteiger partial charge in [0.1, 0.15) is 17.5 Å². The maximum absolute atomic E-state index is 12.3. The predicted molar refractivity (Wildman–Crippen MR) is 123 cm³/mol. The summed E-state index contributed by atoms with van der Waals surface area (Å²) in [5.41, 5.74) is 3.33. The molecule has 4 rings (SSSR count). The van der Waals surface area contributed by atoms with Crippen LogP contribution in [0.4, 0.5) is 33.5 Å². The first kappa shape index (κ1) is 20.6. The van der Waals surface area contributed by atoms with Gasteiger partial charge in [-0.25, -0.2) is 14.8 Å². The minimum Gasteiger partial charge on any atom is -0.378 e. The summed E-state index contributed by atoms with van der Waals surface area (Å²) in [6.45, 7) is 6.88. The number of aromatic nitrogens is 2. The molecule has 1 aromatic heterocycles. The first-order valence-corrected chi connectivity index (χ1v) is 10.3. The number of aryl methyl sites for hydroxylation is 2. The zero-order valence-electron chi connectivity index (χ0n) is 17.7. The fourth-order valence-electron chi connectivity index (χ4n) is 3.41. The summed E-state index contributed by atoms with van der Waals surface area (Å²) >= 11 is 0. The molecule has 0 unspecified atom stereocenters. The van der Waals surface area contributed by atoms with Crippen molar-refractivity contribution in [2.75, 3.05) is 47.2 Å². The van der Waals surface area contributed by atoms with Crippen LogP contribution in [0.25, 0.3) is 0 Å². The molecule has 1 fully saturated rings. The molecule has 0 bridgehead atoms. The van der Waals surface area contributed by atoms with Crippen molar-refractivity contribution in [1.29, 1.82) is 0 Å². The first-order chi connectivity index (χ1) is 15.0. The monoisotopic (exact) mass is 418 g/mol.